The van der Waals surface area contributed by atoms with Gasteiger partial charge in [0.2, 0.25) is 0 Å². The molecule has 166 valence electrons. The van der Waals surface area contributed by atoms with E-state index in [2.05, 4.69) is 5.32 Å². The molecule has 7 nitrogen and oxygen atoms in total. The Morgan fingerprint density at radius 2 is 1.48 bits per heavy atom. The van der Waals surface area contributed by atoms with Crippen LogP contribution in [-0.2, 0) is 19.4 Å². The fraction of sp³-hybridized carbons (Fsp3) is 0.0417. The van der Waals surface area contributed by atoms with Crippen molar-refractivity contribution < 1.29 is 22.7 Å². The maximum absolute atomic E-state index is 13.1. The molecule has 0 saturated carbocycles. The molecule has 1 fully saturated rings. The molecule has 1 aliphatic rings. The third-order valence-corrected chi connectivity index (χ3v) is 6.21. The minimum atomic E-state index is -3.35. The predicted molar refractivity (Wildman–Crippen MR) is 129 cm³/mol. The van der Waals surface area contributed by atoms with E-state index in [4.69, 9.17) is 17.0 Å². The van der Waals surface area contributed by atoms with Crippen LogP contribution in [0.15, 0.2) is 89.3 Å². The molecule has 1 aliphatic heterocycles. The highest BCUT2D eigenvalue weighted by atomic mass is 32.2. The van der Waals surface area contributed by atoms with Crippen LogP contribution in [0.2, 0.25) is 0 Å². The molecular formula is C24H18N2O5S2. The minimum Gasteiger partial charge on any atom is -0.457 e. The highest BCUT2D eigenvalue weighted by Crippen LogP contribution is 2.27. The lowest BCUT2D eigenvalue weighted by Crippen LogP contribution is -2.54. The van der Waals surface area contributed by atoms with E-state index in [1.165, 1.54) is 35.2 Å². The van der Waals surface area contributed by atoms with Gasteiger partial charge in [0, 0.05) is 6.26 Å². The number of hydrogen-bond acceptors (Lipinski definition) is 6. The van der Waals surface area contributed by atoms with Gasteiger partial charge in [-0.05, 0) is 72.4 Å². The number of anilines is 1. The summed E-state index contributed by atoms with van der Waals surface area (Å²) in [6.07, 6.45) is 2.50. The minimum absolute atomic E-state index is 0.0358. The van der Waals surface area contributed by atoms with Crippen LogP contribution in [0.25, 0.3) is 6.08 Å². The third-order valence-electron chi connectivity index (χ3n) is 4.79. The van der Waals surface area contributed by atoms with Crippen molar-refractivity contribution in [3.05, 3.63) is 90.0 Å². The largest absolute Gasteiger partial charge is 0.457 e. The lowest BCUT2D eigenvalue weighted by atomic mass is 10.1. The molecule has 9 heteroatoms. The molecule has 2 amide bonds. The second kappa shape index (κ2) is 8.97. The summed E-state index contributed by atoms with van der Waals surface area (Å²) >= 11 is 5.22. The molecule has 3 aromatic rings. The molecule has 0 spiro atoms. The predicted octanol–water partition coefficient (Wildman–Crippen LogP) is 3.71. The smallest absolute Gasteiger partial charge is 0.270 e. The molecule has 1 heterocycles. The van der Waals surface area contributed by atoms with E-state index in [1.807, 2.05) is 30.3 Å². The first kappa shape index (κ1) is 22.4. The molecule has 0 bridgehead atoms. The fourth-order valence-corrected chi connectivity index (χ4v) is 4.07. The zero-order chi connectivity index (χ0) is 23.6. The van der Waals surface area contributed by atoms with Gasteiger partial charge in [0.25, 0.3) is 11.8 Å². The number of sulfone groups is 1. The van der Waals surface area contributed by atoms with E-state index in [0.717, 1.165) is 6.26 Å². The van der Waals surface area contributed by atoms with Gasteiger partial charge in [-0.25, -0.2) is 8.42 Å². The Balaban J connectivity index is 1.59. The standard InChI is InChI=1S/C24H18N2O5S2/c1-33(29,30)20-13-7-16(8-14-20)15-21-22(27)25-24(32)26(23(21)28)17-9-11-19(12-10-17)31-18-5-3-2-4-6-18/h2-15H,1H3,(H,25,27,32). The van der Waals surface area contributed by atoms with Crippen molar-refractivity contribution in [2.45, 2.75) is 4.90 Å². The molecule has 33 heavy (non-hydrogen) atoms. The van der Waals surface area contributed by atoms with Crippen LogP contribution in [-0.4, -0.2) is 31.6 Å². The van der Waals surface area contributed by atoms with Crippen LogP contribution in [0.5, 0.6) is 11.5 Å². The van der Waals surface area contributed by atoms with Gasteiger partial charge in [0.15, 0.2) is 14.9 Å². The van der Waals surface area contributed by atoms with E-state index in [-0.39, 0.29) is 15.6 Å². The highest BCUT2D eigenvalue weighted by Gasteiger charge is 2.34. The number of hydrogen-bond donors (Lipinski definition) is 1. The molecule has 0 atom stereocenters. The Bertz CT molecular complexity index is 1360. The average molecular weight is 479 g/mol. The number of nitrogens with one attached hydrogen (secondary N) is 1. The van der Waals surface area contributed by atoms with Gasteiger partial charge in [-0.15, -0.1) is 0 Å². The lowest BCUT2D eigenvalue weighted by molar-refractivity contribution is -0.122. The van der Waals surface area contributed by atoms with Crippen LogP contribution in [0, 0.1) is 0 Å². The van der Waals surface area contributed by atoms with Gasteiger partial charge in [0.1, 0.15) is 17.1 Å². The maximum atomic E-state index is 13.1. The lowest BCUT2D eigenvalue weighted by Gasteiger charge is -2.29. The number of carbonyl (C=O) groups is 2. The highest BCUT2D eigenvalue weighted by molar-refractivity contribution is 7.90. The topological polar surface area (TPSA) is 92.8 Å². The molecule has 0 aromatic heterocycles. The molecule has 0 radical (unpaired) electrons. The van der Waals surface area contributed by atoms with Gasteiger partial charge in [-0.3, -0.25) is 19.8 Å². The van der Waals surface area contributed by atoms with Gasteiger partial charge in [0.05, 0.1) is 10.6 Å². The normalized spacial score (nSPS) is 15.5. The van der Waals surface area contributed by atoms with Crippen molar-refractivity contribution in [2.24, 2.45) is 0 Å². The van der Waals surface area contributed by atoms with Gasteiger partial charge in [-0.1, -0.05) is 30.3 Å². The van der Waals surface area contributed by atoms with E-state index in [1.54, 1.807) is 24.3 Å². The van der Waals surface area contributed by atoms with E-state index < -0.39 is 21.7 Å². The monoisotopic (exact) mass is 478 g/mol. The summed E-state index contributed by atoms with van der Waals surface area (Å²) in [5.74, 6) is 0.0328. The summed E-state index contributed by atoms with van der Waals surface area (Å²) in [6.45, 7) is 0. The Kier molecular flexibility index (Phi) is 6.08. The van der Waals surface area contributed by atoms with Crippen LogP contribution in [0.3, 0.4) is 0 Å². The molecule has 4 rings (SSSR count). The van der Waals surface area contributed by atoms with Crippen molar-refractivity contribution >= 4 is 50.7 Å². The summed E-state index contributed by atoms with van der Waals surface area (Å²) in [7, 11) is -3.35. The Morgan fingerprint density at radius 3 is 2.09 bits per heavy atom. The number of carbonyl (C=O) groups excluding carboxylic acids is 2. The Hall–Kier alpha value is -3.82. The number of para-hydroxylation sites is 1. The number of rotatable bonds is 5. The van der Waals surface area contributed by atoms with Crippen molar-refractivity contribution in [3.63, 3.8) is 0 Å². The zero-order valence-electron chi connectivity index (χ0n) is 17.4. The van der Waals surface area contributed by atoms with Gasteiger partial charge in [-0.2, -0.15) is 0 Å². The molecular weight excluding hydrogens is 460 g/mol. The summed E-state index contributed by atoms with van der Waals surface area (Å²) in [4.78, 5) is 27.0. The third kappa shape index (κ3) is 5.00. The first-order valence-electron chi connectivity index (χ1n) is 9.77. The molecule has 1 N–H and O–H groups in total. The number of amides is 2. The van der Waals surface area contributed by atoms with Crippen LogP contribution < -0.4 is 15.0 Å². The van der Waals surface area contributed by atoms with Crippen molar-refractivity contribution in [1.29, 1.82) is 0 Å². The summed E-state index contributed by atoms with van der Waals surface area (Å²) in [5, 5.41) is 2.49. The average Bonchev–Trinajstić information content (AvgIpc) is 2.78. The van der Waals surface area contributed by atoms with Crippen molar-refractivity contribution in [3.8, 4) is 11.5 Å². The maximum Gasteiger partial charge on any atom is 0.270 e. The van der Waals surface area contributed by atoms with Crippen LogP contribution in [0.1, 0.15) is 5.56 Å². The molecule has 0 aliphatic carbocycles. The van der Waals surface area contributed by atoms with Crippen LogP contribution >= 0.6 is 12.2 Å². The van der Waals surface area contributed by atoms with Crippen molar-refractivity contribution in [1.82, 2.24) is 5.32 Å². The van der Waals surface area contributed by atoms with Gasteiger partial charge >= 0.3 is 0 Å². The van der Waals surface area contributed by atoms with Gasteiger partial charge < -0.3 is 4.74 Å². The van der Waals surface area contributed by atoms with Crippen molar-refractivity contribution in [2.75, 3.05) is 11.2 Å². The summed E-state index contributed by atoms with van der Waals surface area (Å²) < 4.78 is 29.0. The number of benzene rings is 3. The Morgan fingerprint density at radius 1 is 0.879 bits per heavy atom. The molecule has 3 aromatic carbocycles. The van der Waals surface area contributed by atoms with Crippen LogP contribution in [0.4, 0.5) is 5.69 Å². The summed E-state index contributed by atoms with van der Waals surface area (Å²) in [5.41, 5.74) is 0.837. The number of ether oxygens (including phenoxy) is 1. The molecule has 0 unspecified atom stereocenters. The fourth-order valence-electron chi connectivity index (χ4n) is 3.16. The first-order chi connectivity index (χ1) is 15.7. The van der Waals surface area contributed by atoms with E-state index in [9.17, 15) is 18.0 Å². The second-order valence-corrected chi connectivity index (χ2v) is 9.61. The number of thiocarbonyl (C=S) groups is 1. The SMILES string of the molecule is CS(=O)(=O)c1ccc(C=C2C(=O)NC(=S)N(c3ccc(Oc4ccccc4)cc3)C2=O)cc1. The number of nitrogens with zero attached hydrogens (tertiary/aromatic N) is 1. The quantitative estimate of drug-likeness (QED) is 0.341. The first-order valence-corrected chi connectivity index (χ1v) is 12.1. The molecule has 1 saturated heterocycles. The Labute approximate surface area is 196 Å². The summed E-state index contributed by atoms with van der Waals surface area (Å²) in [6, 6.07) is 21.9. The second-order valence-electron chi connectivity index (χ2n) is 7.21. The van der Waals surface area contributed by atoms with E-state index in [0.29, 0.717) is 22.7 Å². The zero-order valence-corrected chi connectivity index (χ0v) is 19.0. The van der Waals surface area contributed by atoms with E-state index >= 15 is 0 Å².